The topological polar surface area (TPSA) is 59.4 Å². The van der Waals surface area contributed by atoms with E-state index in [2.05, 4.69) is 19.9 Å². The molecular weight excluding hydrogens is 536 g/mol. The van der Waals surface area contributed by atoms with E-state index in [0.29, 0.717) is 37.0 Å². The summed E-state index contributed by atoms with van der Waals surface area (Å²) in [5, 5.41) is 3.79. The van der Waals surface area contributed by atoms with Gasteiger partial charge in [-0.1, -0.05) is 35.9 Å². The van der Waals surface area contributed by atoms with Crippen molar-refractivity contribution in [2.75, 3.05) is 13.1 Å². The van der Waals surface area contributed by atoms with Crippen LogP contribution in [0.25, 0.3) is 17.0 Å². The van der Waals surface area contributed by atoms with E-state index in [-0.39, 0.29) is 17.5 Å². The molecule has 0 saturated heterocycles. The number of fused-ring (bicyclic) bond motifs is 3. The van der Waals surface area contributed by atoms with Gasteiger partial charge in [0.25, 0.3) is 0 Å². The highest BCUT2D eigenvalue weighted by Crippen LogP contribution is 2.34. The molecule has 2 aromatic heterocycles. The minimum absolute atomic E-state index is 0.161. The van der Waals surface area contributed by atoms with Crippen LogP contribution in [0.5, 0.6) is 5.75 Å². The van der Waals surface area contributed by atoms with Crippen molar-refractivity contribution in [2.24, 2.45) is 0 Å². The Balaban J connectivity index is 1.42. The summed E-state index contributed by atoms with van der Waals surface area (Å²) in [7, 11) is 0. The van der Waals surface area contributed by atoms with Gasteiger partial charge in [0.05, 0.1) is 5.52 Å². The second-order valence-electron chi connectivity index (χ2n) is 9.07. The maximum atomic E-state index is 13.4. The van der Waals surface area contributed by atoms with Crippen molar-refractivity contribution in [1.82, 2.24) is 19.8 Å². The summed E-state index contributed by atoms with van der Waals surface area (Å²) in [5.41, 5.74) is 3.53. The molecule has 1 aliphatic heterocycles. The monoisotopic (exact) mass is 558 g/mol. The van der Waals surface area contributed by atoms with Gasteiger partial charge in [-0.2, -0.15) is 0 Å². The number of carbonyl (C=O) groups is 1. The summed E-state index contributed by atoms with van der Waals surface area (Å²) in [6.07, 6.45) is 1.05. The van der Waals surface area contributed by atoms with Gasteiger partial charge in [0.1, 0.15) is 16.7 Å². The molecule has 3 heterocycles. The highest BCUT2D eigenvalue weighted by Gasteiger charge is 2.32. The molecule has 0 saturated carbocycles. The number of rotatable bonds is 6. The molecule has 0 unspecified atom stereocenters. The third-order valence-electron chi connectivity index (χ3n) is 6.42. The van der Waals surface area contributed by atoms with Gasteiger partial charge in [-0.3, -0.25) is 9.47 Å². The number of amides is 1. The van der Waals surface area contributed by atoms with Crippen molar-refractivity contribution >= 4 is 34.6 Å². The Hall–Kier alpha value is -3.89. The van der Waals surface area contributed by atoms with Crippen LogP contribution in [0.2, 0.25) is 5.15 Å². The lowest BCUT2D eigenvalue weighted by molar-refractivity contribution is -0.274. The first kappa shape index (κ1) is 26.7. The summed E-state index contributed by atoms with van der Waals surface area (Å²) < 4.78 is 57.5. The Morgan fingerprint density at radius 1 is 1.13 bits per heavy atom. The molecule has 6 nitrogen and oxygen atoms in total. The number of nitrogens with one attached hydrogen (secondary N) is 1. The molecular formula is C28H23ClF4N4O2. The number of pyridine rings is 1. The molecule has 0 fully saturated rings. The molecule has 0 bridgehead atoms. The molecule has 1 amide bonds. The van der Waals surface area contributed by atoms with Crippen molar-refractivity contribution in [2.45, 2.75) is 25.9 Å². The molecule has 1 aliphatic rings. The second kappa shape index (κ2) is 11.1. The van der Waals surface area contributed by atoms with Gasteiger partial charge < -0.3 is 10.1 Å². The summed E-state index contributed by atoms with van der Waals surface area (Å²) in [6, 6.07) is 13.1. The Morgan fingerprint density at radius 3 is 2.67 bits per heavy atom. The smallest absolute Gasteiger partial charge is 0.406 e. The Labute approximate surface area is 226 Å². The molecule has 39 heavy (non-hydrogen) atoms. The average molecular weight is 559 g/mol. The average Bonchev–Trinajstić information content (AvgIpc) is 3.20. The molecule has 0 aliphatic carbocycles. The number of nitrogens with zero attached hydrogens (tertiary/aromatic N) is 3. The van der Waals surface area contributed by atoms with E-state index < -0.39 is 18.1 Å². The lowest BCUT2D eigenvalue weighted by Gasteiger charge is -2.27. The fraction of sp³-hybridized carbons (Fsp3) is 0.214. The summed E-state index contributed by atoms with van der Waals surface area (Å²) in [5.74, 6) is -0.705. The molecule has 0 atom stereocenters. The van der Waals surface area contributed by atoms with Crippen LogP contribution >= 0.6 is 11.6 Å². The van der Waals surface area contributed by atoms with Gasteiger partial charge in [-0.05, 0) is 53.1 Å². The third kappa shape index (κ3) is 6.40. The summed E-state index contributed by atoms with van der Waals surface area (Å²) >= 11 is 5.93. The van der Waals surface area contributed by atoms with Crippen molar-refractivity contribution in [1.29, 1.82) is 0 Å². The molecule has 0 spiro atoms. The largest absolute Gasteiger partial charge is 0.573 e. The van der Waals surface area contributed by atoms with Crippen molar-refractivity contribution in [3.05, 3.63) is 100 Å². The normalized spacial score (nSPS) is 14.1. The van der Waals surface area contributed by atoms with E-state index in [4.69, 9.17) is 11.6 Å². The van der Waals surface area contributed by atoms with Crippen LogP contribution in [0, 0.1) is 5.82 Å². The minimum Gasteiger partial charge on any atom is -0.406 e. The number of carbonyl (C=O) groups excluding carboxylic acids is 1. The second-order valence-corrected chi connectivity index (χ2v) is 9.46. The van der Waals surface area contributed by atoms with Crippen LogP contribution in [-0.2, 0) is 19.5 Å². The molecule has 2 aromatic carbocycles. The minimum atomic E-state index is -4.86. The predicted molar refractivity (Wildman–Crippen MR) is 140 cm³/mol. The highest BCUT2D eigenvalue weighted by atomic mass is 35.5. The van der Waals surface area contributed by atoms with Gasteiger partial charge >= 0.3 is 12.4 Å². The van der Waals surface area contributed by atoms with Gasteiger partial charge in [0, 0.05) is 55.9 Å². The zero-order valence-electron chi connectivity index (χ0n) is 20.5. The van der Waals surface area contributed by atoms with Gasteiger partial charge in [0.15, 0.2) is 0 Å². The van der Waals surface area contributed by atoms with Crippen LogP contribution in [-0.4, -0.2) is 39.9 Å². The lowest BCUT2D eigenvalue weighted by atomic mass is 10.0. The van der Waals surface area contributed by atoms with Gasteiger partial charge in [-0.15, -0.1) is 13.2 Å². The number of halogens is 5. The first-order valence-corrected chi connectivity index (χ1v) is 12.5. The number of ether oxygens (including phenoxy) is 1. The fourth-order valence-corrected chi connectivity index (χ4v) is 4.90. The van der Waals surface area contributed by atoms with Crippen molar-refractivity contribution in [3.63, 3.8) is 0 Å². The van der Waals surface area contributed by atoms with Crippen LogP contribution < -0.4 is 10.1 Å². The van der Waals surface area contributed by atoms with Crippen LogP contribution in [0.4, 0.5) is 22.4 Å². The highest BCUT2D eigenvalue weighted by molar-refractivity contribution is 6.29. The van der Waals surface area contributed by atoms with E-state index >= 15 is 0 Å². The summed E-state index contributed by atoms with van der Waals surface area (Å²) in [4.78, 5) is 19.5. The number of benzene rings is 2. The zero-order chi connectivity index (χ0) is 27.6. The first-order chi connectivity index (χ1) is 18.7. The molecule has 5 rings (SSSR count). The van der Waals surface area contributed by atoms with Gasteiger partial charge in [-0.25, -0.2) is 14.2 Å². The molecule has 4 aromatic rings. The lowest BCUT2D eigenvalue weighted by Crippen LogP contribution is -2.34. The SMILES string of the molecule is O=C(NCc1ccnc(Cl)c1)n1c2c(c3ccc(OC(F)(F)F)cc31)CN(C/C=C/c1ccc(F)cc1)CC2. The van der Waals surface area contributed by atoms with E-state index in [9.17, 15) is 22.4 Å². The van der Waals surface area contributed by atoms with E-state index in [1.807, 2.05) is 12.2 Å². The Morgan fingerprint density at radius 2 is 1.92 bits per heavy atom. The van der Waals surface area contributed by atoms with Gasteiger partial charge in [0.2, 0.25) is 0 Å². The molecule has 202 valence electrons. The van der Waals surface area contributed by atoms with E-state index in [1.165, 1.54) is 35.0 Å². The summed E-state index contributed by atoms with van der Waals surface area (Å²) in [6.45, 7) is 1.90. The standard InChI is InChI=1S/C28H23ClF4N4O2/c29-26-14-19(9-11-34-26)16-35-27(38)37-24-10-13-36(12-1-2-18-3-5-20(30)6-4-18)17-23(24)22-8-7-21(15-25(22)37)39-28(31,32)33/h1-9,11,14-15H,10,12-13,16-17H2,(H,35,38)/b2-1+. The fourth-order valence-electron chi connectivity index (χ4n) is 4.70. The number of hydrogen-bond acceptors (Lipinski definition) is 4. The predicted octanol–water partition coefficient (Wildman–Crippen LogP) is 6.56. The molecule has 1 N–H and O–H groups in total. The Kier molecular flexibility index (Phi) is 7.58. The van der Waals surface area contributed by atoms with E-state index in [0.717, 1.165) is 22.4 Å². The van der Waals surface area contributed by atoms with Crippen LogP contribution in [0.1, 0.15) is 22.4 Å². The number of aromatic nitrogens is 2. The maximum absolute atomic E-state index is 13.4. The number of hydrogen-bond donors (Lipinski definition) is 1. The van der Waals surface area contributed by atoms with Crippen LogP contribution in [0.3, 0.4) is 0 Å². The molecule has 11 heteroatoms. The van der Waals surface area contributed by atoms with Crippen molar-refractivity contribution < 1.29 is 27.1 Å². The zero-order valence-corrected chi connectivity index (χ0v) is 21.3. The van der Waals surface area contributed by atoms with E-state index in [1.54, 1.807) is 30.3 Å². The molecule has 0 radical (unpaired) electrons. The third-order valence-corrected chi connectivity index (χ3v) is 6.62. The Bertz CT molecular complexity index is 1530. The first-order valence-electron chi connectivity index (χ1n) is 12.1. The number of alkyl halides is 3. The van der Waals surface area contributed by atoms with Crippen molar-refractivity contribution in [3.8, 4) is 5.75 Å². The quantitative estimate of drug-likeness (QED) is 0.215. The maximum Gasteiger partial charge on any atom is 0.573 e. The van der Waals surface area contributed by atoms with Crippen LogP contribution in [0.15, 0.2) is 66.9 Å².